The minimum absolute atomic E-state index is 0.376. The zero-order chi connectivity index (χ0) is 10.6. The SMILES string of the molecule is COC(=O)/C=C(/C)c1ccc(N)nc1. The molecular formula is C10H12N2O2. The van der Waals surface area contributed by atoms with Crippen LogP contribution in [0.15, 0.2) is 24.4 Å². The number of rotatable bonds is 2. The van der Waals surface area contributed by atoms with Crippen LogP contribution in [-0.2, 0) is 9.53 Å². The third-order valence-corrected chi connectivity index (χ3v) is 1.78. The lowest BCUT2D eigenvalue weighted by molar-refractivity contribution is -0.134. The van der Waals surface area contributed by atoms with E-state index in [1.54, 1.807) is 18.3 Å². The zero-order valence-electron chi connectivity index (χ0n) is 8.15. The molecule has 0 radical (unpaired) electrons. The monoisotopic (exact) mass is 192 g/mol. The number of methoxy groups -OCH3 is 1. The Morgan fingerprint density at radius 1 is 1.57 bits per heavy atom. The van der Waals surface area contributed by atoms with Gasteiger partial charge in [-0.1, -0.05) is 0 Å². The fourth-order valence-electron chi connectivity index (χ4n) is 0.958. The predicted octanol–water partition coefficient (Wildman–Crippen LogP) is 1.24. The largest absolute Gasteiger partial charge is 0.466 e. The number of aromatic nitrogens is 1. The van der Waals surface area contributed by atoms with Crippen LogP contribution in [0.5, 0.6) is 0 Å². The Bertz CT molecular complexity index is 355. The fraction of sp³-hybridized carbons (Fsp3) is 0.200. The van der Waals surface area contributed by atoms with E-state index in [1.165, 1.54) is 13.2 Å². The predicted molar refractivity (Wildman–Crippen MR) is 54.3 cm³/mol. The van der Waals surface area contributed by atoms with Gasteiger partial charge in [-0.2, -0.15) is 0 Å². The van der Waals surface area contributed by atoms with Crippen molar-refractivity contribution in [1.29, 1.82) is 0 Å². The first-order valence-electron chi connectivity index (χ1n) is 4.11. The molecular weight excluding hydrogens is 180 g/mol. The van der Waals surface area contributed by atoms with Gasteiger partial charge in [0.1, 0.15) is 5.82 Å². The van der Waals surface area contributed by atoms with Crippen molar-refractivity contribution >= 4 is 17.4 Å². The molecule has 0 aromatic carbocycles. The molecule has 0 aliphatic carbocycles. The number of carbonyl (C=O) groups is 1. The number of hydrogen-bond acceptors (Lipinski definition) is 4. The van der Waals surface area contributed by atoms with Gasteiger partial charge in [-0.3, -0.25) is 0 Å². The molecule has 1 heterocycles. The molecule has 0 aliphatic heterocycles. The maximum atomic E-state index is 10.9. The third kappa shape index (κ3) is 2.58. The second kappa shape index (κ2) is 4.41. The fourth-order valence-corrected chi connectivity index (χ4v) is 0.958. The van der Waals surface area contributed by atoms with Crippen molar-refractivity contribution in [3.8, 4) is 0 Å². The lowest BCUT2D eigenvalue weighted by Crippen LogP contribution is -1.96. The molecule has 4 nitrogen and oxygen atoms in total. The molecule has 1 rings (SSSR count). The molecule has 1 aromatic heterocycles. The van der Waals surface area contributed by atoms with Gasteiger partial charge in [0.05, 0.1) is 7.11 Å². The quantitative estimate of drug-likeness (QED) is 0.565. The summed E-state index contributed by atoms with van der Waals surface area (Å²) in [7, 11) is 1.34. The lowest BCUT2D eigenvalue weighted by Gasteiger charge is -2.00. The van der Waals surface area contributed by atoms with E-state index < -0.39 is 0 Å². The van der Waals surface area contributed by atoms with Crippen molar-refractivity contribution in [1.82, 2.24) is 4.98 Å². The molecule has 2 N–H and O–H groups in total. The number of nitrogens with two attached hydrogens (primary N) is 1. The normalized spacial score (nSPS) is 11.1. The Morgan fingerprint density at radius 2 is 2.29 bits per heavy atom. The molecule has 0 amide bonds. The summed E-state index contributed by atoms with van der Waals surface area (Å²) in [5, 5.41) is 0. The van der Waals surface area contributed by atoms with Gasteiger partial charge in [-0.25, -0.2) is 9.78 Å². The maximum absolute atomic E-state index is 10.9. The summed E-state index contributed by atoms with van der Waals surface area (Å²) in [4.78, 5) is 14.8. The van der Waals surface area contributed by atoms with Crippen molar-refractivity contribution in [2.24, 2.45) is 0 Å². The number of anilines is 1. The minimum Gasteiger partial charge on any atom is -0.466 e. The topological polar surface area (TPSA) is 65.2 Å². The van der Waals surface area contributed by atoms with Gasteiger partial charge in [0.25, 0.3) is 0 Å². The van der Waals surface area contributed by atoms with Gasteiger partial charge in [0.15, 0.2) is 0 Å². The summed E-state index contributed by atoms with van der Waals surface area (Å²) in [5.74, 6) is 0.0824. The molecule has 0 saturated carbocycles. The number of carbonyl (C=O) groups excluding carboxylic acids is 1. The summed E-state index contributed by atoms with van der Waals surface area (Å²) >= 11 is 0. The number of allylic oxidation sites excluding steroid dienone is 1. The number of pyridine rings is 1. The standard InChI is InChI=1S/C10H12N2O2/c1-7(5-10(13)14-2)8-3-4-9(11)12-6-8/h3-6H,1-2H3,(H2,11,12)/b7-5-. The highest BCUT2D eigenvalue weighted by Crippen LogP contribution is 2.13. The smallest absolute Gasteiger partial charge is 0.330 e. The van der Waals surface area contributed by atoms with Crippen molar-refractivity contribution in [2.75, 3.05) is 12.8 Å². The summed E-state index contributed by atoms with van der Waals surface area (Å²) in [6, 6.07) is 3.49. The van der Waals surface area contributed by atoms with Crippen LogP contribution >= 0.6 is 0 Å². The van der Waals surface area contributed by atoms with E-state index in [0.717, 1.165) is 11.1 Å². The maximum Gasteiger partial charge on any atom is 0.330 e. The molecule has 14 heavy (non-hydrogen) atoms. The van der Waals surface area contributed by atoms with E-state index in [9.17, 15) is 4.79 Å². The van der Waals surface area contributed by atoms with E-state index in [-0.39, 0.29) is 5.97 Å². The van der Waals surface area contributed by atoms with E-state index in [2.05, 4.69) is 9.72 Å². The van der Waals surface area contributed by atoms with Gasteiger partial charge in [0, 0.05) is 12.3 Å². The van der Waals surface area contributed by atoms with Gasteiger partial charge in [-0.05, 0) is 30.2 Å². The Hall–Kier alpha value is -1.84. The summed E-state index contributed by atoms with van der Waals surface area (Å²) in [5.41, 5.74) is 7.08. The van der Waals surface area contributed by atoms with Gasteiger partial charge in [0.2, 0.25) is 0 Å². The highest BCUT2D eigenvalue weighted by atomic mass is 16.5. The first-order valence-corrected chi connectivity index (χ1v) is 4.11. The van der Waals surface area contributed by atoms with E-state index in [1.807, 2.05) is 6.92 Å². The third-order valence-electron chi connectivity index (χ3n) is 1.78. The Labute approximate surface area is 82.4 Å². The van der Waals surface area contributed by atoms with Crippen molar-refractivity contribution in [2.45, 2.75) is 6.92 Å². The Balaban J connectivity index is 2.89. The van der Waals surface area contributed by atoms with Crippen LogP contribution in [0.1, 0.15) is 12.5 Å². The highest BCUT2D eigenvalue weighted by Gasteiger charge is 1.99. The molecule has 0 unspecified atom stereocenters. The van der Waals surface area contributed by atoms with Gasteiger partial charge < -0.3 is 10.5 Å². The van der Waals surface area contributed by atoms with Crippen LogP contribution in [0.3, 0.4) is 0 Å². The number of nitrogens with zero attached hydrogens (tertiary/aromatic N) is 1. The summed E-state index contributed by atoms with van der Waals surface area (Å²) in [6.45, 7) is 1.81. The van der Waals surface area contributed by atoms with Crippen LogP contribution in [0.4, 0.5) is 5.82 Å². The van der Waals surface area contributed by atoms with Crippen molar-refractivity contribution in [3.05, 3.63) is 30.0 Å². The van der Waals surface area contributed by atoms with E-state index in [0.29, 0.717) is 5.82 Å². The number of ether oxygens (including phenoxy) is 1. The second-order valence-electron chi connectivity index (χ2n) is 2.82. The summed E-state index contributed by atoms with van der Waals surface area (Å²) < 4.78 is 4.51. The molecule has 0 atom stereocenters. The van der Waals surface area contributed by atoms with Crippen LogP contribution in [-0.4, -0.2) is 18.1 Å². The molecule has 74 valence electrons. The van der Waals surface area contributed by atoms with Crippen LogP contribution in [0.2, 0.25) is 0 Å². The Kier molecular flexibility index (Phi) is 3.23. The van der Waals surface area contributed by atoms with Crippen LogP contribution in [0.25, 0.3) is 5.57 Å². The van der Waals surface area contributed by atoms with E-state index >= 15 is 0 Å². The molecule has 0 bridgehead atoms. The minimum atomic E-state index is -0.376. The number of nitrogen functional groups attached to an aromatic ring is 1. The average Bonchev–Trinajstić information content (AvgIpc) is 2.18. The van der Waals surface area contributed by atoms with Crippen molar-refractivity contribution in [3.63, 3.8) is 0 Å². The molecule has 1 aromatic rings. The number of hydrogen-bond donors (Lipinski definition) is 1. The van der Waals surface area contributed by atoms with Crippen LogP contribution < -0.4 is 5.73 Å². The van der Waals surface area contributed by atoms with Gasteiger partial charge >= 0.3 is 5.97 Å². The van der Waals surface area contributed by atoms with Crippen molar-refractivity contribution < 1.29 is 9.53 Å². The Morgan fingerprint density at radius 3 is 2.79 bits per heavy atom. The second-order valence-corrected chi connectivity index (χ2v) is 2.82. The first kappa shape index (κ1) is 10.2. The lowest BCUT2D eigenvalue weighted by atomic mass is 10.1. The summed E-state index contributed by atoms with van der Waals surface area (Å²) in [6.07, 6.45) is 3.03. The molecule has 0 saturated heterocycles. The molecule has 0 spiro atoms. The van der Waals surface area contributed by atoms with Gasteiger partial charge in [-0.15, -0.1) is 0 Å². The molecule has 4 heteroatoms. The first-order chi connectivity index (χ1) is 6.63. The molecule has 0 fully saturated rings. The average molecular weight is 192 g/mol. The zero-order valence-corrected chi connectivity index (χ0v) is 8.15. The highest BCUT2D eigenvalue weighted by molar-refractivity contribution is 5.90. The van der Waals surface area contributed by atoms with Crippen LogP contribution in [0, 0.1) is 0 Å². The number of esters is 1. The molecule has 0 aliphatic rings. The van der Waals surface area contributed by atoms with E-state index in [4.69, 9.17) is 5.73 Å².